The predicted octanol–water partition coefficient (Wildman–Crippen LogP) is 3.74. The number of ether oxygens (including phenoxy) is 5. The molecule has 0 aromatic carbocycles. The molecular formula is C40H66N8O9S. The summed E-state index contributed by atoms with van der Waals surface area (Å²) in [5.41, 5.74) is 4.21. The lowest BCUT2D eigenvalue weighted by molar-refractivity contribution is -0.295. The summed E-state index contributed by atoms with van der Waals surface area (Å²) >= 11 is 1.34. The van der Waals surface area contributed by atoms with E-state index < -0.39 is 71.5 Å². The zero-order chi connectivity index (χ0) is 42.7. The highest BCUT2D eigenvalue weighted by Crippen LogP contribution is 2.40. The molecule has 2 aromatic rings. The van der Waals surface area contributed by atoms with E-state index in [1.165, 1.54) is 18.3 Å². The number of nitrogens with zero attached hydrogens (tertiary/aromatic N) is 6. The second-order valence-electron chi connectivity index (χ2n) is 17.2. The van der Waals surface area contributed by atoms with Crippen molar-refractivity contribution < 1.29 is 43.2 Å². The fourth-order valence-electron chi connectivity index (χ4n) is 9.13. The summed E-state index contributed by atoms with van der Waals surface area (Å²) in [4.78, 5) is 50.1. The number of methoxy groups -OCH3 is 1. The van der Waals surface area contributed by atoms with Gasteiger partial charge in [-0.15, -0.1) is 5.10 Å². The summed E-state index contributed by atoms with van der Waals surface area (Å²) in [6, 6.07) is -1.05. The number of cyclic esters (lactones) is 1. The largest absolute Gasteiger partial charge is 0.458 e. The predicted molar refractivity (Wildman–Crippen MR) is 218 cm³/mol. The average Bonchev–Trinajstić information content (AvgIpc) is 3.90. The van der Waals surface area contributed by atoms with Crippen molar-refractivity contribution in [1.82, 2.24) is 35.1 Å². The maximum Gasteiger partial charge on any atom is 0.410 e. The number of hydrogen-bond donors (Lipinski definition) is 3. The van der Waals surface area contributed by atoms with Crippen LogP contribution in [-0.2, 0) is 39.8 Å². The molecule has 0 saturated carbocycles. The number of rotatable bonds is 11. The molecule has 5 heterocycles. The van der Waals surface area contributed by atoms with Gasteiger partial charge in [0.15, 0.2) is 17.7 Å². The van der Waals surface area contributed by atoms with Crippen molar-refractivity contribution in [1.29, 1.82) is 0 Å². The molecule has 2 aromatic heterocycles. The number of aliphatic hydroxyl groups excluding tert-OH is 1. The van der Waals surface area contributed by atoms with Crippen LogP contribution in [0.2, 0.25) is 0 Å². The first kappa shape index (κ1) is 45.8. The molecule has 18 heteroatoms. The Balaban J connectivity index is 1.38. The van der Waals surface area contributed by atoms with Crippen molar-refractivity contribution in [3.63, 3.8) is 0 Å². The van der Waals surface area contributed by atoms with E-state index in [1.807, 2.05) is 59.8 Å². The molecule has 3 fully saturated rings. The van der Waals surface area contributed by atoms with Gasteiger partial charge >= 0.3 is 12.1 Å². The van der Waals surface area contributed by atoms with E-state index in [0.717, 1.165) is 0 Å². The van der Waals surface area contributed by atoms with E-state index in [4.69, 9.17) is 29.4 Å². The fourth-order valence-corrected chi connectivity index (χ4v) is 9.76. The van der Waals surface area contributed by atoms with Gasteiger partial charge in [0.05, 0.1) is 36.2 Å². The number of nitrogens with two attached hydrogens (primary N) is 1. The number of amides is 1. The molecule has 0 radical (unpaired) electrons. The van der Waals surface area contributed by atoms with Crippen LogP contribution in [0.4, 0.5) is 9.80 Å². The first-order valence-electron chi connectivity index (χ1n) is 20.6. The molecule has 4 N–H and O–H groups in total. The monoisotopic (exact) mass is 834 g/mol. The van der Waals surface area contributed by atoms with Crippen molar-refractivity contribution >= 4 is 34.2 Å². The topological polar surface area (TPSA) is 206 Å². The Kier molecular flexibility index (Phi) is 15.0. The van der Waals surface area contributed by atoms with Crippen molar-refractivity contribution in [2.45, 2.75) is 154 Å². The molecule has 0 aliphatic carbocycles. The van der Waals surface area contributed by atoms with Gasteiger partial charge in [-0.2, -0.15) is 0 Å². The number of anilines is 1. The third-order valence-corrected chi connectivity index (χ3v) is 13.2. The number of carbonyl (C=O) groups excluding carboxylic acids is 3. The summed E-state index contributed by atoms with van der Waals surface area (Å²) in [7, 11) is 5.39. The van der Waals surface area contributed by atoms with E-state index in [0.29, 0.717) is 67.4 Å². The second-order valence-corrected chi connectivity index (χ2v) is 18.3. The van der Waals surface area contributed by atoms with Crippen LogP contribution in [0.25, 0.3) is 10.7 Å². The zero-order valence-electron chi connectivity index (χ0n) is 36.0. The first-order valence-corrected chi connectivity index (χ1v) is 21.4. The normalized spacial score (nSPS) is 36.9. The van der Waals surface area contributed by atoms with Crippen LogP contribution < -0.4 is 11.1 Å². The van der Waals surface area contributed by atoms with Crippen molar-refractivity contribution in [2.75, 3.05) is 40.0 Å². The number of Topliss-reactive ketones (excluding diaryl/α,β-unsaturated/α-hetero) is 1. The number of aromatic nitrogens is 4. The van der Waals surface area contributed by atoms with Crippen molar-refractivity contribution in [2.24, 2.45) is 17.8 Å². The third kappa shape index (κ3) is 9.85. The lowest BCUT2D eigenvalue weighted by Gasteiger charge is -2.46. The van der Waals surface area contributed by atoms with E-state index in [1.54, 1.807) is 29.8 Å². The maximum atomic E-state index is 14.4. The Morgan fingerprint density at radius 3 is 2.47 bits per heavy atom. The molecular weight excluding hydrogens is 769 g/mol. The van der Waals surface area contributed by atoms with E-state index in [2.05, 4.69) is 27.5 Å². The first-order chi connectivity index (χ1) is 27.3. The van der Waals surface area contributed by atoms with Crippen LogP contribution >= 0.6 is 11.3 Å². The number of hydrogen-bond acceptors (Lipinski definition) is 16. The van der Waals surface area contributed by atoms with Crippen LogP contribution in [0.1, 0.15) is 87.5 Å². The molecule has 58 heavy (non-hydrogen) atoms. The maximum absolute atomic E-state index is 14.4. The molecule has 3 aliphatic rings. The number of carbonyl (C=O) groups is 3. The van der Waals surface area contributed by atoms with Gasteiger partial charge in [-0.05, 0) is 93.3 Å². The quantitative estimate of drug-likeness (QED) is 0.168. The molecule has 3 saturated heterocycles. The lowest BCUT2D eigenvalue weighted by Crippen LogP contribution is -2.61. The SMILES string of the molecule is CC[C@H]1OC(=O)[C@H](C)C(=O)[C@H](C)[C@@H](O[C@@H]2OC(C)CC(N(C)C)C2O)[C@](C)(OC)C[C@@H](C)CN[C@H](C)[C@H]2N(CCCCn3cc(-c4ncc(N)s4)nn3)C(=O)O[C@]12C. The van der Waals surface area contributed by atoms with Crippen LogP contribution in [0.15, 0.2) is 12.4 Å². The number of esters is 1. The van der Waals surface area contributed by atoms with Crippen LogP contribution in [0.5, 0.6) is 0 Å². The van der Waals surface area contributed by atoms with Crippen LogP contribution in [0.3, 0.4) is 0 Å². The summed E-state index contributed by atoms with van der Waals surface area (Å²) < 4.78 is 33.2. The second kappa shape index (κ2) is 19.0. The van der Waals surface area contributed by atoms with Gasteiger partial charge in [-0.3, -0.25) is 19.2 Å². The highest BCUT2D eigenvalue weighted by molar-refractivity contribution is 7.18. The Bertz CT molecular complexity index is 1710. The average molecular weight is 835 g/mol. The molecule has 5 rings (SSSR count). The van der Waals surface area contributed by atoms with E-state index >= 15 is 0 Å². The molecule has 3 unspecified atom stereocenters. The van der Waals surface area contributed by atoms with Gasteiger partial charge < -0.3 is 44.7 Å². The standard InChI is InChI=1S/C40H66N8O9S/c1-12-29-40(8)33(48(38(52)57-40)16-14-13-15-47-21-27(44-45-47)35-43-20-30(41)58-35)26(6)42-19-22(2)18-39(7,53-11)34(24(4)31(49)25(5)36(51)55-29)56-37-32(50)28(46(9)10)17-23(3)54-37/h20-26,28-29,32-34,37,42,50H,12-19,41H2,1-11H3/t22-,23?,24+,25-,26-,28?,29-,32?,33-,34-,37+,39-,40-/m1/s1. The minimum atomic E-state index is -1.23. The van der Waals surface area contributed by atoms with Crippen LogP contribution in [-0.4, -0.2) is 147 Å². The van der Waals surface area contributed by atoms with Gasteiger partial charge in [-0.1, -0.05) is 37.3 Å². The lowest BCUT2D eigenvalue weighted by atomic mass is 9.78. The Hall–Kier alpha value is -3.26. The third-order valence-electron chi connectivity index (χ3n) is 12.4. The molecule has 0 spiro atoms. The molecule has 326 valence electrons. The summed E-state index contributed by atoms with van der Waals surface area (Å²) in [6.07, 6.45) is 1.70. The van der Waals surface area contributed by atoms with Crippen molar-refractivity contribution in [3.05, 3.63) is 12.4 Å². The number of unbranched alkanes of at least 4 members (excludes halogenated alkanes) is 1. The number of ketones is 1. The number of fused-ring (bicyclic) bond motifs is 1. The van der Waals surface area contributed by atoms with Gasteiger partial charge in [0, 0.05) is 38.2 Å². The number of likely N-dealkylation sites (N-methyl/N-ethyl adjacent to an activating group) is 1. The minimum Gasteiger partial charge on any atom is -0.458 e. The smallest absolute Gasteiger partial charge is 0.410 e. The van der Waals surface area contributed by atoms with Crippen LogP contribution in [0, 0.1) is 17.8 Å². The molecule has 3 aliphatic heterocycles. The van der Waals surface area contributed by atoms with Gasteiger partial charge in [0.2, 0.25) is 0 Å². The van der Waals surface area contributed by atoms with Crippen molar-refractivity contribution in [3.8, 4) is 10.7 Å². The number of thiazole rings is 1. The number of aliphatic hydroxyl groups is 1. The molecule has 1 amide bonds. The summed E-state index contributed by atoms with van der Waals surface area (Å²) in [6.45, 7) is 16.4. The highest BCUT2D eigenvalue weighted by atomic mass is 32.1. The molecule has 17 nitrogen and oxygen atoms in total. The minimum absolute atomic E-state index is 0.0139. The fraction of sp³-hybridized carbons (Fsp3) is 0.800. The number of aryl methyl sites for hydroxylation is 1. The van der Waals surface area contributed by atoms with Gasteiger partial charge in [0.25, 0.3) is 0 Å². The number of nitrogens with one attached hydrogen (secondary N) is 1. The zero-order valence-corrected chi connectivity index (χ0v) is 36.9. The van der Waals surface area contributed by atoms with Gasteiger partial charge in [0.1, 0.15) is 33.8 Å². The summed E-state index contributed by atoms with van der Waals surface area (Å²) in [5.74, 6) is -3.17. The Labute approximate surface area is 346 Å². The number of nitrogen functional groups attached to an aromatic ring is 1. The molecule has 13 atom stereocenters. The Morgan fingerprint density at radius 2 is 1.83 bits per heavy atom. The highest BCUT2D eigenvalue weighted by Gasteiger charge is 2.58. The van der Waals surface area contributed by atoms with E-state index in [-0.39, 0.29) is 24.1 Å². The molecule has 0 bridgehead atoms. The van der Waals surface area contributed by atoms with E-state index in [9.17, 15) is 19.5 Å². The van der Waals surface area contributed by atoms with Gasteiger partial charge in [-0.25, -0.2) is 9.78 Å². The Morgan fingerprint density at radius 1 is 1.12 bits per heavy atom. The summed E-state index contributed by atoms with van der Waals surface area (Å²) in [5, 5.41) is 24.9.